The van der Waals surface area contributed by atoms with Gasteiger partial charge in [-0.15, -0.1) is 11.6 Å². The molecule has 1 heterocycles. The standard InChI is InChI=1S/C12H10Cl6O2/c13-10(11(14,15)12(16,17)18)7-1-3-8(4-2-7)19-5-9-6-20-9/h1-4,9-10H,5-6H2. The highest BCUT2D eigenvalue weighted by Crippen LogP contribution is 2.55. The van der Waals surface area contributed by atoms with Gasteiger partial charge in [0.2, 0.25) is 3.79 Å². The maximum atomic E-state index is 6.19. The van der Waals surface area contributed by atoms with Gasteiger partial charge in [0.15, 0.2) is 4.33 Å². The van der Waals surface area contributed by atoms with Gasteiger partial charge in [-0.1, -0.05) is 70.1 Å². The summed E-state index contributed by atoms with van der Waals surface area (Å²) in [6.07, 6.45) is 0.193. The zero-order valence-corrected chi connectivity index (χ0v) is 14.5. The molecule has 0 aliphatic carbocycles. The molecule has 0 aromatic heterocycles. The third-order valence-electron chi connectivity index (χ3n) is 2.71. The Bertz CT molecular complexity index is 452. The van der Waals surface area contributed by atoms with Crippen LogP contribution in [0.3, 0.4) is 0 Å². The van der Waals surface area contributed by atoms with Crippen LogP contribution < -0.4 is 4.74 Å². The van der Waals surface area contributed by atoms with Crippen molar-refractivity contribution in [2.45, 2.75) is 19.6 Å². The van der Waals surface area contributed by atoms with Crippen molar-refractivity contribution in [2.75, 3.05) is 13.2 Å². The van der Waals surface area contributed by atoms with Crippen LogP contribution in [-0.2, 0) is 4.74 Å². The van der Waals surface area contributed by atoms with E-state index < -0.39 is 13.5 Å². The summed E-state index contributed by atoms with van der Waals surface area (Å²) in [6.45, 7) is 1.26. The van der Waals surface area contributed by atoms with Crippen LogP contribution in [0.1, 0.15) is 10.9 Å². The molecular formula is C12H10Cl6O2. The number of rotatable bonds is 5. The highest BCUT2D eigenvalue weighted by molar-refractivity contribution is 6.76. The predicted octanol–water partition coefficient (Wildman–Crippen LogP) is 5.29. The fourth-order valence-electron chi connectivity index (χ4n) is 1.44. The molecule has 2 rings (SSSR count). The first-order chi connectivity index (χ1) is 9.22. The zero-order valence-electron chi connectivity index (χ0n) is 9.96. The molecule has 112 valence electrons. The van der Waals surface area contributed by atoms with Gasteiger partial charge < -0.3 is 9.47 Å². The van der Waals surface area contributed by atoms with Crippen molar-refractivity contribution in [3.63, 3.8) is 0 Å². The number of ether oxygens (including phenoxy) is 2. The molecule has 1 fully saturated rings. The van der Waals surface area contributed by atoms with Crippen LogP contribution in [0.5, 0.6) is 5.75 Å². The SMILES string of the molecule is ClC(c1ccc(OCC2CO2)cc1)C(Cl)(Cl)C(Cl)(Cl)Cl. The predicted molar refractivity (Wildman–Crippen MR) is 85.0 cm³/mol. The quantitative estimate of drug-likeness (QED) is 0.496. The number of halogens is 6. The molecule has 0 radical (unpaired) electrons. The second kappa shape index (κ2) is 6.45. The number of hydrogen-bond acceptors (Lipinski definition) is 2. The molecule has 8 heteroatoms. The average molecular weight is 399 g/mol. The number of hydrogen-bond donors (Lipinski definition) is 0. The maximum absolute atomic E-state index is 6.19. The van der Waals surface area contributed by atoms with Crippen molar-refractivity contribution in [3.05, 3.63) is 29.8 Å². The van der Waals surface area contributed by atoms with E-state index in [1.807, 2.05) is 0 Å². The van der Waals surface area contributed by atoms with Crippen LogP contribution in [-0.4, -0.2) is 27.4 Å². The van der Waals surface area contributed by atoms with Crippen molar-refractivity contribution in [3.8, 4) is 5.75 Å². The van der Waals surface area contributed by atoms with E-state index in [2.05, 4.69) is 0 Å². The molecule has 0 bridgehead atoms. The summed E-state index contributed by atoms with van der Waals surface area (Å²) >= 11 is 35.5. The van der Waals surface area contributed by atoms with Crippen LogP contribution in [0.15, 0.2) is 24.3 Å². The van der Waals surface area contributed by atoms with Gasteiger partial charge in [-0.2, -0.15) is 0 Å². The van der Waals surface area contributed by atoms with E-state index >= 15 is 0 Å². The van der Waals surface area contributed by atoms with E-state index in [9.17, 15) is 0 Å². The number of benzene rings is 1. The van der Waals surface area contributed by atoms with Crippen LogP contribution in [0.4, 0.5) is 0 Å². The molecule has 0 amide bonds. The second-order valence-corrected chi connectivity index (χ2v) is 8.42. The van der Waals surface area contributed by atoms with Gasteiger partial charge >= 0.3 is 0 Å². The monoisotopic (exact) mass is 396 g/mol. The fraction of sp³-hybridized carbons (Fsp3) is 0.500. The minimum Gasteiger partial charge on any atom is -0.491 e. The first-order valence-corrected chi connectivity index (χ1v) is 7.97. The van der Waals surface area contributed by atoms with E-state index in [1.165, 1.54) is 0 Å². The lowest BCUT2D eigenvalue weighted by atomic mass is 10.1. The Hall–Kier alpha value is 0.720. The topological polar surface area (TPSA) is 21.8 Å². The Kier molecular flexibility index (Phi) is 5.51. The fourth-order valence-corrected chi connectivity index (χ4v) is 2.50. The van der Waals surface area contributed by atoms with Crippen LogP contribution in [0.2, 0.25) is 0 Å². The number of epoxide rings is 1. The second-order valence-electron chi connectivity index (χ2n) is 4.32. The van der Waals surface area contributed by atoms with E-state index in [-0.39, 0.29) is 6.10 Å². The highest BCUT2D eigenvalue weighted by Gasteiger charge is 2.51. The summed E-state index contributed by atoms with van der Waals surface area (Å²) in [4.78, 5) is 0. The first-order valence-electron chi connectivity index (χ1n) is 5.65. The van der Waals surface area contributed by atoms with Crippen molar-refractivity contribution in [2.24, 2.45) is 0 Å². The molecule has 0 saturated carbocycles. The molecule has 1 aromatic carbocycles. The molecule has 0 spiro atoms. The van der Waals surface area contributed by atoms with Gasteiger partial charge in [0.05, 0.1) is 12.0 Å². The number of alkyl halides is 6. The van der Waals surface area contributed by atoms with Crippen molar-refractivity contribution in [1.29, 1.82) is 0 Å². The summed E-state index contributed by atoms with van der Waals surface area (Å²) in [5.41, 5.74) is 0.623. The van der Waals surface area contributed by atoms with E-state index in [4.69, 9.17) is 79.1 Å². The minimum atomic E-state index is -1.92. The third kappa shape index (κ3) is 4.13. The summed E-state index contributed by atoms with van der Waals surface area (Å²) in [6, 6.07) is 6.93. The average Bonchev–Trinajstić information content (AvgIpc) is 3.19. The Balaban J connectivity index is 2.04. The van der Waals surface area contributed by atoms with Gasteiger partial charge in [-0.05, 0) is 17.7 Å². The normalized spacial score (nSPS) is 20.6. The molecule has 2 atom stereocenters. The Morgan fingerprint density at radius 1 is 1.15 bits per heavy atom. The zero-order chi connectivity index (χ0) is 15.0. The highest BCUT2D eigenvalue weighted by atomic mass is 35.6. The molecule has 20 heavy (non-hydrogen) atoms. The van der Waals surface area contributed by atoms with Gasteiger partial charge in [0, 0.05) is 0 Å². The Morgan fingerprint density at radius 3 is 2.15 bits per heavy atom. The molecule has 2 nitrogen and oxygen atoms in total. The van der Waals surface area contributed by atoms with E-state index in [0.29, 0.717) is 17.9 Å². The van der Waals surface area contributed by atoms with Crippen molar-refractivity contribution < 1.29 is 9.47 Å². The molecule has 1 aromatic rings. The Labute approximate surface area is 147 Å². The van der Waals surface area contributed by atoms with E-state index in [1.54, 1.807) is 24.3 Å². The van der Waals surface area contributed by atoms with E-state index in [0.717, 1.165) is 6.61 Å². The van der Waals surface area contributed by atoms with Crippen LogP contribution in [0, 0.1) is 0 Å². The summed E-state index contributed by atoms with van der Waals surface area (Å²) < 4.78 is 6.88. The van der Waals surface area contributed by atoms with Gasteiger partial charge in [-0.3, -0.25) is 0 Å². The molecule has 1 aliphatic heterocycles. The summed E-state index contributed by atoms with van der Waals surface area (Å²) in [5.74, 6) is 0.691. The lowest BCUT2D eigenvalue weighted by Crippen LogP contribution is -2.35. The molecule has 0 N–H and O–H groups in total. The van der Waals surface area contributed by atoms with Crippen molar-refractivity contribution >= 4 is 69.6 Å². The minimum absolute atomic E-state index is 0.193. The van der Waals surface area contributed by atoms with Crippen LogP contribution >= 0.6 is 69.6 Å². The molecule has 1 saturated heterocycles. The van der Waals surface area contributed by atoms with Gasteiger partial charge in [0.1, 0.15) is 18.5 Å². The largest absolute Gasteiger partial charge is 0.491 e. The summed E-state index contributed by atoms with van der Waals surface area (Å²) in [7, 11) is 0. The maximum Gasteiger partial charge on any atom is 0.224 e. The molecular weight excluding hydrogens is 389 g/mol. The van der Waals surface area contributed by atoms with Crippen LogP contribution in [0.25, 0.3) is 0 Å². The lowest BCUT2D eigenvalue weighted by molar-refractivity contribution is 0.263. The summed E-state index contributed by atoms with van der Waals surface area (Å²) in [5, 5.41) is -0.890. The first kappa shape index (κ1) is 17.1. The Morgan fingerprint density at radius 2 is 1.70 bits per heavy atom. The van der Waals surface area contributed by atoms with Crippen molar-refractivity contribution in [1.82, 2.24) is 0 Å². The molecule has 1 aliphatic rings. The third-order valence-corrected chi connectivity index (χ3v) is 5.99. The van der Waals surface area contributed by atoms with Gasteiger partial charge in [-0.25, -0.2) is 0 Å². The molecule has 2 unspecified atom stereocenters. The smallest absolute Gasteiger partial charge is 0.224 e. The lowest BCUT2D eigenvalue weighted by Gasteiger charge is -2.31. The van der Waals surface area contributed by atoms with Gasteiger partial charge in [0.25, 0.3) is 0 Å².